The zero-order chi connectivity index (χ0) is 14.4. The van der Waals surface area contributed by atoms with Crippen LogP contribution in [0.4, 0.5) is 13.2 Å². The summed E-state index contributed by atoms with van der Waals surface area (Å²) < 4.78 is 37.6. The second-order valence-corrected chi connectivity index (χ2v) is 4.74. The summed E-state index contributed by atoms with van der Waals surface area (Å²) in [6, 6.07) is 6.80. The van der Waals surface area contributed by atoms with Gasteiger partial charge in [0.15, 0.2) is 0 Å². The molecule has 1 nitrogen and oxygen atoms in total. The van der Waals surface area contributed by atoms with Crippen LogP contribution in [-0.4, -0.2) is 12.0 Å². The number of fused-ring (bicyclic) bond motifs is 1. The van der Waals surface area contributed by atoms with E-state index in [0.29, 0.717) is 11.1 Å². The molecule has 0 N–H and O–H groups in total. The first-order valence-electron chi connectivity index (χ1n) is 5.84. The van der Waals surface area contributed by atoms with Gasteiger partial charge in [-0.15, -0.1) is 0 Å². The molecule has 0 radical (unpaired) electrons. The van der Waals surface area contributed by atoms with Crippen molar-refractivity contribution in [3.05, 3.63) is 46.5 Å². The average molecular weight is 266 g/mol. The van der Waals surface area contributed by atoms with E-state index in [9.17, 15) is 18.0 Å². The zero-order valence-electron chi connectivity index (χ0n) is 10.9. The molecule has 2 aliphatic rings. The van der Waals surface area contributed by atoms with Gasteiger partial charge >= 0.3 is 6.18 Å². The molecule has 0 atom stereocenters. The van der Waals surface area contributed by atoms with Crippen LogP contribution in [0.3, 0.4) is 0 Å². The van der Waals surface area contributed by atoms with Gasteiger partial charge in [-0.2, -0.15) is 13.2 Å². The van der Waals surface area contributed by atoms with Gasteiger partial charge in [0.1, 0.15) is 0 Å². The van der Waals surface area contributed by atoms with Crippen molar-refractivity contribution < 1.29 is 18.0 Å². The maximum atomic E-state index is 12.5. The Morgan fingerprint density at radius 1 is 1.05 bits per heavy atom. The van der Waals surface area contributed by atoms with Crippen LogP contribution in [0, 0.1) is 20.8 Å². The minimum absolute atomic E-state index is 0.255. The molecule has 0 amide bonds. The molecule has 100 valence electrons. The fourth-order valence-electron chi connectivity index (χ4n) is 2.41. The molecule has 0 fully saturated rings. The van der Waals surface area contributed by atoms with Gasteiger partial charge in [0.25, 0.3) is 5.78 Å². The van der Waals surface area contributed by atoms with Crippen LogP contribution in [-0.2, 0) is 0 Å². The maximum Gasteiger partial charge on any atom is 0.454 e. The number of halogens is 3. The molecule has 0 bridgehead atoms. The number of Topliss-reactive ketones (excluding diaryl/α,β-unsaturated/α-hetero) is 1. The second-order valence-electron chi connectivity index (χ2n) is 4.74. The molecule has 2 aliphatic carbocycles. The average Bonchev–Trinajstić information content (AvgIpc) is 2.53. The number of rotatable bonds is 1. The Labute approximate surface area is 109 Å². The van der Waals surface area contributed by atoms with Crippen LogP contribution < -0.4 is 0 Å². The van der Waals surface area contributed by atoms with Crippen LogP contribution in [0.5, 0.6) is 0 Å². The van der Waals surface area contributed by atoms with Crippen LogP contribution in [0.15, 0.2) is 24.3 Å². The Hall–Kier alpha value is -1.84. The van der Waals surface area contributed by atoms with E-state index in [0.717, 1.165) is 16.7 Å². The van der Waals surface area contributed by atoms with E-state index >= 15 is 0 Å². The number of alkyl halides is 3. The van der Waals surface area contributed by atoms with Gasteiger partial charge < -0.3 is 0 Å². The second kappa shape index (κ2) is 4.37. The molecule has 19 heavy (non-hydrogen) atoms. The molecule has 0 saturated heterocycles. The Bertz CT molecular complexity index is 626. The Morgan fingerprint density at radius 2 is 1.68 bits per heavy atom. The lowest BCUT2D eigenvalue weighted by Gasteiger charge is -2.05. The third-order valence-electron chi connectivity index (χ3n) is 3.23. The monoisotopic (exact) mass is 266 g/mol. The molecule has 0 aliphatic heterocycles. The number of carbonyl (C=O) groups excluding carboxylic acids is 1. The standard InChI is InChI=1S/C15H13F3O/c1-8-4-5-11-7-12(14(19)15(16,17)18)10(3)13(11)9(2)6-8/h4-7H,1-3H3. The Morgan fingerprint density at radius 3 is 2.26 bits per heavy atom. The molecule has 2 rings (SSSR count). The number of ketones is 1. The van der Waals surface area contributed by atoms with Crippen molar-refractivity contribution in [2.45, 2.75) is 26.9 Å². The predicted octanol–water partition coefficient (Wildman–Crippen LogP) is 4.46. The number of hydrogen-bond donors (Lipinski definition) is 0. The quantitative estimate of drug-likeness (QED) is 0.696. The van der Waals surface area contributed by atoms with Crippen molar-refractivity contribution in [1.29, 1.82) is 0 Å². The fourth-order valence-corrected chi connectivity index (χ4v) is 2.41. The van der Waals surface area contributed by atoms with Crippen LogP contribution in [0.2, 0.25) is 0 Å². The summed E-state index contributed by atoms with van der Waals surface area (Å²) >= 11 is 0. The fraction of sp³-hybridized carbons (Fsp3) is 0.267. The summed E-state index contributed by atoms with van der Waals surface area (Å²) in [6.45, 7) is 5.32. The smallest absolute Gasteiger partial charge is 0.284 e. The van der Waals surface area contributed by atoms with Crippen molar-refractivity contribution in [2.75, 3.05) is 0 Å². The molecule has 0 saturated carbocycles. The summed E-state index contributed by atoms with van der Waals surface area (Å²) in [7, 11) is 0. The molecule has 0 aromatic carbocycles. The summed E-state index contributed by atoms with van der Waals surface area (Å²) in [6.07, 6.45) is -4.83. The first-order valence-corrected chi connectivity index (χ1v) is 5.84. The lowest BCUT2D eigenvalue weighted by molar-refractivity contribution is -0.0885. The van der Waals surface area contributed by atoms with Crippen LogP contribution in [0.25, 0.3) is 11.1 Å². The molecule has 0 heterocycles. The van der Waals surface area contributed by atoms with E-state index in [1.807, 2.05) is 26.0 Å². The Kier molecular flexibility index (Phi) is 3.12. The summed E-state index contributed by atoms with van der Waals surface area (Å²) in [5.74, 6) is -1.78. The zero-order valence-corrected chi connectivity index (χ0v) is 10.9. The SMILES string of the molecule is Cc1ccc2cc(C(=O)C(F)(F)F)c(C)c-2c(C)c1. The third-order valence-corrected chi connectivity index (χ3v) is 3.23. The highest BCUT2D eigenvalue weighted by molar-refractivity contribution is 6.05. The number of carbonyl (C=O) groups is 1. The summed E-state index contributed by atoms with van der Waals surface area (Å²) in [5.41, 5.74) is 3.42. The van der Waals surface area contributed by atoms with Crippen molar-refractivity contribution in [1.82, 2.24) is 0 Å². The molecule has 0 aromatic heterocycles. The van der Waals surface area contributed by atoms with Crippen LogP contribution in [0.1, 0.15) is 27.0 Å². The van der Waals surface area contributed by atoms with E-state index in [1.54, 1.807) is 13.0 Å². The highest BCUT2D eigenvalue weighted by Crippen LogP contribution is 2.36. The summed E-state index contributed by atoms with van der Waals surface area (Å²) in [5, 5.41) is 0. The van der Waals surface area contributed by atoms with E-state index in [2.05, 4.69) is 0 Å². The largest absolute Gasteiger partial charge is 0.454 e. The van der Waals surface area contributed by atoms with Crippen LogP contribution >= 0.6 is 0 Å². The minimum atomic E-state index is -4.83. The normalized spacial score (nSPS) is 11.9. The van der Waals surface area contributed by atoms with Crippen molar-refractivity contribution in [3.63, 3.8) is 0 Å². The first kappa shape index (κ1) is 13.6. The highest BCUT2D eigenvalue weighted by atomic mass is 19.4. The minimum Gasteiger partial charge on any atom is -0.284 e. The topological polar surface area (TPSA) is 17.1 Å². The van der Waals surface area contributed by atoms with Crippen molar-refractivity contribution in [3.8, 4) is 11.1 Å². The highest BCUT2D eigenvalue weighted by Gasteiger charge is 2.41. The van der Waals surface area contributed by atoms with Gasteiger partial charge in [0, 0.05) is 5.56 Å². The summed E-state index contributed by atoms with van der Waals surface area (Å²) in [4.78, 5) is 11.4. The van der Waals surface area contributed by atoms with Crippen molar-refractivity contribution >= 4 is 5.78 Å². The Balaban J connectivity index is 2.72. The molecule has 0 spiro atoms. The molecular weight excluding hydrogens is 253 g/mol. The van der Waals surface area contributed by atoms with Gasteiger partial charge in [0.2, 0.25) is 0 Å². The predicted molar refractivity (Wildman–Crippen MR) is 67.7 cm³/mol. The molecule has 0 unspecified atom stereocenters. The van der Waals surface area contributed by atoms with E-state index < -0.39 is 12.0 Å². The van der Waals surface area contributed by atoms with Gasteiger partial charge in [-0.05, 0) is 49.1 Å². The van der Waals surface area contributed by atoms with Gasteiger partial charge in [0.05, 0.1) is 0 Å². The molecule has 0 aromatic rings. The lowest BCUT2D eigenvalue weighted by Crippen LogP contribution is -2.22. The van der Waals surface area contributed by atoms with Gasteiger partial charge in [-0.25, -0.2) is 0 Å². The van der Waals surface area contributed by atoms with E-state index in [1.165, 1.54) is 6.07 Å². The number of hydrogen-bond acceptors (Lipinski definition) is 1. The number of aryl methyl sites for hydroxylation is 2. The van der Waals surface area contributed by atoms with Gasteiger partial charge in [-0.1, -0.05) is 23.8 Å². The van der Waals surface area contributed by atoms with Gasteiger partial charge in [-0.3, -0.25) is 4.79 Å². The maximum absolute atomic E-state index is 12.5. The first-order chi connectivity index (χ1) is 8.71. The molecular formula is C15H13F3O. The molecule has 4 heteroatoms. The third kappa shape index (κ3) is 2.35. The van der Waals surface area contributed by atoms with E-state index in [-0.39, 0.29) is 5.56 Å². The lowest BCUT2D eigenvalue weighted by atomic mass is 10.0. The van der Waals surface area contributed by atoms with Crippen molar-refractivity contribution in [2.24, 2.45) is 0 Å². The van der Waals surface area contributed by atoms with E-state index in [4.69, 9.17) is 0 Å².